The molecule has 30 heavy (non-hydrogen) atoms. The summed E-state index contributed by atoms with van der Waals surface area (Å²) in [7, 11) is 1.35. The van der Waals surface area contributed by atoms with Crippen LogP contribution in [-0.2, 0) is 11.3 Å². The number of fused-ring (bicyclic) bond motifs is 3. The third-order valence-corrected chi connectivity index (χ3v) is 4.69. The molecule has 0 saturated carbocycles. The van der Waals surface area contributed by atoms with E-state index in [4.69, 9.17) is 13.9 Å². The van der Waals surface area contributed by atoms with Crippen LogP contribution in [0.1, 0.15) is 15.9 Å². The van der Waals surface area contributed by atoms with Crippen molar-refractivity contribution in [3.05, 3.63) is 92.3 Å². The molecular formula is C22H15NO7. The number of hydrogen-bond acceptors (Lipinski definition) is 7. The van der Waals surface area contributed by atoms with Crippen molar-refractivity contribution in [2.45, 2.75) is 6.61 Å². The van der Waals surface area contributed by atoms with Crippen LogP contribution in [0.15, 0.2) is 69.9 Å². The number of carbonyl (C=O) groups is 1. The SMILES string of the molecule is COc1ccc([N+](=O)[O-])cc1C(=O)OCc1cc(=O)oc2ccc3ccccc3c12. The first kappa shape index (κ1) is 19.1. The molecule has 0 unspecified atom stereocenters. The van der Waals surface area contributed by atoms with E-state index in [2.05, 4.69) is 0 Å². The standard InChI is InChI=1S/C22H15NO7/c1-28-18-9-7-15(23(26)27)11-17(18)22(25)29-12-14-10-20(24)30-19-8-6-13-4-2-3-5-16(13)21(14)19/h2-11H,12H2,1H3. The molecule has 0 aliphatic carbocycles. The first-order valence-electron chi connectivity index (χ1n) is 8.92. The fourth-order valence-corrected chi connectivity index (χ4v) is 3.32. The van der Waals surface area contributed by atoms with Crippen LogP contribution in [0.3, 0.4) is 0 Å². The van der Waals surface area contributed by atoms with Crippen LogP contribution in [-0.4, -0.2) is 18.0 Å². The highest BCUT2D eigenvalue weighted by atomic mass is 16.6. The van der Waals surface area contributed by atoms with Crippen molar-refractivity contribution >= 4 is 33.4 Å². The van der Waals surface area contributed by atoms with E-state index in [1.165, 1.54) is 25.3 Å². The van der Waals surface area contributed by atoms with E-state index >= 15 is 0 Å². The number of hydrogen-bond donors (Lipinski definition) is 0. The summed E-state index contributed by atoms with van der Waals surface area (Å²) in [6.45, 7) is -0.221. The first-order valence-corrected chi connectivity index (χ1v) is 8.92. The van der Waals surface area contributed by atoms with Gasteiger partial charge in [0.05, 0.1) is 12.0 Å². The van der Waals surface area contributed by atoms with E-state index in [0.717, 1.165) is 16.8 Å². The van der Waals surface area contributed by atoms with Gasteiger partial charge in [0.25, 0.3) is 5.69 Å². The van der Waals surface area contributed by atoms with Crippen molar-refractivity contribution in [3.8, 4) is 5.75 Å². The summed E-state index contributed by atoms with van der Waals surface area (Å²) in [5.74, 6) is -0.661. The number of ether oxygens (including phenoxy) is 2. The van der Waals surface area contributed by atoms with Gasteiger partial charge in [-0.15, -0.1) is 0 Å². The van der Waals surface area contributed by atoms with Crippen LogP contribution in [0.25, 0.3) is 21.7 Å². The highest BCUT2D eigenvalue weighted by molar-refractivity contribution is 6.07. The Morgan fingerprint density at radius 2 is 1.90 bits per heavy atom. The minimum atomic E-state index is -0.808. The summed E-state index contributed by atoms with van der Waals surface area (Å²) in [6.07, 6.45) is 0. The molecule has 0 aliphatic heterocycles. The summed E-state index contributed by atoms with van der Waals surface area (Å²) in [6, 6.07) is 16.0. The number of nitro benzene ring substituents is 1. The molecule has 1 heterocycles. The molecule has 8 nitrogen and oxygen atoms in total. The Labute approximate surface area is 169 Å². The lowest BCUT2D eigenvalue weighted by Crippen LogP contribution is -2.10. The first-order chi connectivity index (χ1) is 14.5. The largest absolute Gasteiger partial charge is 0.496 e. The molecule has 0 amide bonds. The fraction of sp³-hybridized carbons (Fsp3) is 0.0909. The Hall–Kier alpha value is -4.20. The predicted molar refractivity (Wildman–Crippen MR) is 109 cm³/mol. The molecule has 4 aromatic rings. The highest BCUT2D eigenvalue weighted by Crippen LogP contribution is 2.29. The second-order valence-corrected chi connectivity index (χ2v) is 6.47. The summed E-state index contributed by atoms with van der Waals surface area (Å²) < 4.78 is 15.8. The molecule has 0 saturated heterocycles. The zero-order valence-electron chi connectivity index (χ0n) is 15.8. The zero-order valence-corrected chi connectivity index (χ0v) is 15.8. The summed E-state index contributed by atoms with van der Waals surface area (Å²) in [4.78, 5) is 35.0. The zero-order chi connectivity index (χ0) is 21.3. The monoisotopic (exact) mass is 405 g/mol. The van der Waals surface area contributed by atoms with Gasteiger partial charge < -0.3 is 13.9 Å². The van der Waals surface area contributed by atoms with E-state index in [-0.39, 0.29) is 23.6 Å². The number of carbonyl (C=O) groups excluding carboxylic acids is 1. The van der Waals surface area contributed by atoms with Crippen molar-refractivity contribution in [2.24, 2.45) is 0 Å². The van der Waals surface area contributed by atoms with Gasteiger partial charge in [-0.1, -0.05) is 30.3 Å². The van der Waals surface area contributed by atoms with Gasteiger partial charge in [0.1, 0.15) is 23.5 Å². The molecule has 8 heteroatoms. The smallest absolute Gasteiger partial charge is 0.342 e. The van der Waals surface area contributed by atoms with Crippen molar-refractivity contribution in [2.75, 3.05) is 7.11 Å². The van der Waals surface area contributed by atoms with Crippen LogP contribution >= 0.6 is 0 Å². The third kappa shape index (κ3) is 3.46. The van der Waals surface area contributed by atoms with Crippen molar-refractivity contribution in [1.82, 2.24) is 0 Å². The molecular weight excluding hydrogens is 390 g/mol. The molecule has 0 bridgehead atoms. The Bertz CT molecular complexity index is 1360. The van der Waals surface area contributed by atoms with Crippen molar-refractivity contribution in [3.63, 3.8) is 0 Å². The second kappa shape index (κ2) is 7.67. The number of esters is 1. The average molecular weight is 405 g/mol. The van der Waals surface area contributed by atoms with Gasteiger partial charge in [-0.3, -0.25) is 10.1 Å². The quantitative estimate of drug-likeness (QED) is 0.161. The molecule has 150 valence electrons. The van der Waals surface area contributed by atoms with Crippen LogP contribution in [0, 0.1) is 10.1 Å². The van der Waals surface area contributed by atoms with E-state index < -0.39 is 16.5 Å². The maximum atomic E-state index is 12.6. The Morgan fingerprint density at radius 3 is 2.67 bits per heavy atom. The number of nitro groups is 1. The Balaban J connectivity index is 1.73. The minimum absolute atomic E-state index is 0.0798. The molecule has 3 aromatic carbocycles. The fourth-order valence-electron chi connectivity index (χ4n) is 3.32. The molecule has 0 aliphatic rings. The normalized spacial score (nSPS) is 10.8. The maximum absolute atomic E-state index is 12.6. The van der Waals surface area contributed by atoms with Gasteiger partial charge in [0.2, 0.25) is 0 Å². The summed E-state index contributed by atoms with van der Waals surface area (Å²) in [5, 5.41) is 13.5. The van der Waals surface area contributed by atoms with Gasteiger partial charge in [-0.05, 0) is 22.9 Å². The molecule has 0 radical (unpaired) electrons. The van der Waals surface area contributed by atoms with Gasteiger partial charge in [-0.2, -0.15) is 0 Å². The predicted octanol–water partition coefficient (Wildman–Crippen LogP) is 4.22. The molecule has 0 N–H and O–H groups in total. The van der Waals surface area contributed by atoms with Crippen molar-refractivity contribution in [1.29, 1.82) is 0 Å². The van der Waals surface area contributed by atoms with Crippen LogP contribution < -0.4 is 10.4 Å². The van der Waals surface area contributed by atoms with E-state index in [0.29, 0.717) is 16.5 Å². The Kier molecular flexibility index (Phi) is 4.89. The van der Waals surface area contributed by atoms with Gasteiger partial charge in [0.15, 0.2) is 0 Å². The number of non-ortho nitro benzene ring substituents is 1. The second-order valence-electron chi connectivity index (χ2n) is 6.47. The third-order valence-electron chi connectivity index (χ3n) is 4.69. The Morgan fingerprint density at radius 1 is 1.10 bits per heavy atom. The number of benzene rings is 3. The summed E-state index contributed by atoms with van der Waals surface area (Å²) in [5.41, 5.74) is -0.0730. The maximum Gasteiger partial charge on any atom is 0.342 e. The lowest BCUT2D eigenvalue weighted by atomic mass is 10.0. The lowest BCUT2D eigenvalue weighted by molar-refractivity contribution is -0.384. The number of methoxy groups -OCH3 is 1. The van der Waals surface area contributed by atoms with Crippen LogP contribution in [0.5, 0.6) is 5.75 Å². The van der Waals surface area contributed by atoms with Gasteiger partial charge in [-0.25, -0.2) is 9.59 Å². The average Bonchev–Trinajstić information content (AvgIpc) is 2.76. The lowest BCUT2D eigenvalue weighted by Gasteiger charge is -2.11. The molecule has 0 spiro atoms. The van der Waals surface area contributed by atoms with E-state index in [1.54, 1.807) is 6.07 Å². The van der Waals surface area contributed by atoms with E-state index in [9.17, 15) is 19.7 Å². The van der Waals surface area contributed by atoms with Gasteiger partial charge >= 0.3 is 11.6 Å². The molecule has 0 fully saturated rings. The topological polar surface area (TPSA) is 109 Å². The highest BCUT2D eigenvalue weighted by Gasteiger charge is 2.20. The molecule has 1 aromatic heterocycles. The number of rotatable bonds is 5. The molecule has 0 atom stereocenters. The minimum Gasteiger partial charge on any atom is -0.496 e. The summed E-state index contributed by atoms with van der Waals surface area (Å²) >= 11 is 0. The molecule has 4 rings (SSSR count). The van der Waals surface area contributed by atoms with Crippen molar-refractivity contribution < 1.29 is 23.6 Å². The van der Waals surface area contributed by atoms with Gasteiger partial charge in [0, 0.05) is 29.1 Å². The van der Waals surface area contributed by atoms with Crippen LogP contribution in [0.2, 0.25) is 0 Å². The number of nitrogens with zero attached hydrogens (tertiary/aromatic N) is 1. The van der Waals surface area contributed by atoms with Crippen LogP contribution in [0.4, 0.5) is 5.69 Å². The van der Waals surface area contributed by atoms with E-state index in [1.807, 2.05) is 30.3 Å².